The maximum atomic E-state index is 12.6. The van der Waals surface area contributed by atoms with E-state index in [9.17, 15) is 4.79 Å². The molecule has 1 aromatic rings. The Morgan fingerprint density at radius 3 is 2.89 bits per heavy atom. The molecule has 0 unspecified atom stereocenters. The highest BCUT2D eigenvalue weighted by atomic mass is 32.2. The van der Waals surface area contributed by atoms with Crippen molar-refractivity contribution in [2.24, 2.45) is 0 Å². The fourth-order valence-electron chi connectivity index (χ4n) is 2.24. The minimum atomic E-state index is -0.510. The molecule has 2 rings (SSSR count). The van der Waals surface area contributed by atoms with Gasteiger partial charge in [-0.3, -0.25) is 4.79 Å². The van der Waals surface area contributed by atoms with Gasteiger partial charge in [0.05, 0.1) is 11.2 Å². The highest BCUT2D eigenvalue weighted by Gasteiger charge is 2.33. The fourth-order valence-corrected chi connectivity index (χ4v) is 3.23. The van der Waals surface area contributed by atoms with Gasteiger partial charge < -0.3 is 10.2 Å². The topological polar surface area (TPSA) is 32.3 Å². The summed E-state index contributed by atoms with van der Waals surface area (Å²) < 4.78 is 0. The predicted octanol–water partition coefficient (Wildman–Crippen LogP) is 2.51. The van der Waals surface area contributed by atoms with Crippen molar-refractivity contribution in [3.8, 4) is 0 Å². The van der Waals surface area contributed by atoms with Gasteiger partial charge in [-0.1, -0.05) is 19.1 Å². The second-order valence-corrected chi connectivity index (χ2v) is 6.07. The molecule has 98 valence electrons. The maximum absolute atomic E-state index is 12.6. The van der Waals surface area contributed by atoms with Gasteiger partial charge in [0.1, 0.15) is 0 Å². The molecule has 0 spiro atoms. The summed E-state index contributed by atoms with van der Waals surface area (Å²) in [4.78, 5) is 15.7. The van der Waals surface area contributed by atoms with Crippen LogP contribution in [0.15, 0.2) is 29.2 Å². The van der Waals surface area contributed by atoms with Gasteiger partial charge in [-0.2, -0.15) is 0 Å². The van der Waals surface area contributed by atoms with Crippen molar-refractivity contribution in [1.82, 2.24) is 5.32 Å². The van der Waals surface area contributed by atoms with Crippen LogP contribution in [0.25, 0.3) is 0 Å². The molecular formula is C14H20N2OS. The summed E-state index contributed by atoms with van der Waals surface area (Å²) in [6.45, 7) is 7.50. The second kappa shape index (κ2) is 5.33. The Morgan fingerprint density at radius 2 is 2.17 bits per heavy atom. The Bertz CT molecular complexity index is 445. The van der Waals surface area contributed by atoms with Crippen molar-refractivity contribution in [3.63, 3.8) is 0 Å². The number of amides is 1. The van der Waals surface area contributed by atoms with Crippen LogP contribution < -0.4 is 10.2 Å². The highest BCUT2D eigenvalue weighted by Crippen LogP contribution is 2.35. The van der Waals surface area contributed by atoms with Crippen molar-refractivity contribution in [2.45, 2.75) is 31.2 Å². The summed E-state index contributed by atoms with van der Waals surface area (Å²) in [6, 6.07) is 8.13. The Balaban J connectivity index is 2.28. The first kappa shape index (κ1) is 13.4. The number of nitrogens with zero attached hydrogens (tertiary/aromatic N) is 1. The van der Waals surface area contributed by atoms with Crippen LogP contribution >= 0.6 is 11.8 Å². The first-order valence-corrected chi connectivity index (χ1v) is 7.33. The molecule has 0 atom stereocenters. The normalized spacial score (nSPS) is 15.4. The van der Waals surface area contributed by atoms with E-state index in [1.54, 1.807) is 0 Å². The lowest BCUT2D eigenvalue weighted by atomic mass is 10.0. The number of hydrogen-bond acceptors (Lipinski definition) is 3. The van der Waals surface area contributed by atoms with E-state index >= 15 is 0 Å². The first-order chi connectivity index (χ1) is 8.56. The van der Waals surface area contributed by atoms with E-state index in [1.807, 2.05) is 55.6 Å². The van der Waals surface area contributed by atoms with E-state index in [0.717, 1.165) is 24.5 Å². The zero-order valence-electron chi connectivity index (χ0n) is 11.2. The third-order valence-corrected chi connectivity index (χ3v) is 4.17. The van der Waals surface area contributed by atoms with Crippen molar-refractivity contribution in [1.29, 1.82) is 0 Å². The molecule has 0 radical (unpaired) electrons. The smallest absolute Gasteiger partial charge is 0.246 e. The molecule has 18 heavy (non-hydrogen) atoms. The molecule has 0 saturated carbocycles. The number of fused-ring (bicyclic) bond motifs is 1. The zero-order valence-corrected chi connectivity index (χ0v) is 12.0. The number of likely N-dealkylation sites (N-methyl/N-ethyl adjacent to an activating group) is 1. The van der Waals surface area contributed by atoms with E-state index in [-0.39, 0.29) is 5.91 Å². The quantitative estimate of drug-likeness (QED) is 0.910. The van der Waals surface area contributed by atoms with Crippen LogP contribution in [-0.4, -0.2) is 30.3 Å². The monoisotopic (exact) mass is 264 g/mol. The molecule has 1 amide bonds. The number of hydrogen-bond donors (Lipinski definition) is 1. The zero-order chi connectivity index (χ0) is 13.2. The van der Waals surface area contributed by atoms with Crippen LogP contribution in [0.3, 0.4) is 0 Å². The van der Waals surface area contributed by atoms with Crippen LogP contribution in [0.4, 0.5) is 5.69 Å². The molecule has 0 aliphatic carbocycles. The van der Waals surface area contributed by atoms with Gasteiger partial charge in [-0.05, 0) is 32.5 Å². The van der Waals surface area contributed by atoms with Gasteiger partial charge in [0, 0.05) is 17.2 Å². The number of carbonyl (C=O) groups is 1. The molecule has 0 saturated heterocycles. The average Bonchev–Trinajstić information content (AvgIpc) is 2.37. The van der Waals surface area contributed by atoms with Crippen LogP contribution in [-0.2, 0) is 4.79 Å². The summed E-state index contributed by atoms with van der Waals surface area (Å²) in [7, 11) is 0. The van der Waals surface area contributed by atoms with Crippen LogP contribution in [0.2, 0.25) is 0 Å². The number of anilines is 1. The van der Waals surface area contributed by atoms with Gasteiger partial charge in [0.15, 0.2) is 0 Å². The molecule has 4 heteroatoms. The number of carbonyl (C=O) groups excluding carboxylic acids is 1. The SMILES string of the molecule is CCNC(C)(C)C(=O)N1CCSc2ccccc21. The number of nitrogens with one attached hydrogen (secondary N) is 1. The molecule has 3 nitrogen and oxygen atoms in total. The van der Waals surface area contributed by atoms with Gasteiger partial charge >= 0.3 is 0 Å². The number of thioether (sulfide) groups is 1. The summed E-state index contributed by atoms with van der Waals surface area (Å²) in [6.07, 6.45) is 0. The Morgan fingerprint density at radius 1 is 1.44 bits per heavy atom. The van der Waals surface area contributed by atoms with Crippen LogP contribution in [0.5, 0.6) is 0 Å². The van der Waals surface area contributed by atoms with Crippen molar-refractivity contribution < 1.29 is 4.79 Å². The van der Waals surface area contributed by atoms with Gasteiger partial charge in [0.25, 0.3) is 0 Å². The molecule has 1 aliphatic heterocycles. The van der Waals surface area contributed by atoms with Crippen LogP contribution in [0.1, 0.15) is 20.8 Å². The average molecular weight is 264 g/mol. The lowest BCUT2D eigenvalue weighted by Crippen LogP contribution is -2.55. The van der Waals surface area contributed by atoms with Gasteiger partial charge in [-0.25, -0.2) is 0 Å². The van der Waals surface area contributed by atoms with E-state index in [4.69, 9.17) is 0 Å². The van der Waals surface area contributed by atoms with E-state index in [2.05, 4.69) is 11.4 Å². The summed E-state index contributed by atoms with van der Waals surface area (Å²) in [5.74, 6) is 1.11. The number of benzene rings is 1. The third kappa shape index (κ3) is 2.54. The maximum Gasteiger partial charge on any atom is 0.246 e. The summed E-state index contributed by atoms with van der Waals surface area (Å²) >= 11 is 1.82. The Labute approximate surface area is 113 Å². The lowest BCUT2D eigenvalue weighted by Gasteiger charge is -2.35. The van der Waals surface area contributed by atoms with Crippen molar-refractivity contribution >= 4 is 23.4 Å². The fraction of sp³-hybridized carbons (Fsp3) is 0.500. The van der Waals surface area contributed by atoms with E-state index in [0.29, 0.717) is 0 Å². The summed E-state index contributed by atoms with van der Waals surface area (Å²) in [5, 5.41) is 3.25. The predicted molar refractivity (Wildman–Crippen MR) is 77.3 cm³/mol. The van der Waals surface area contributed by atoms with Gasteiger partial charge in [0.2, 0.25) is 5.91 Å². The number of rotatable bonds is 3. The van der Waals surface area contributed by atoms with Gasteiger partial charge in [-0.15, -0.1) is 11.8 Å². The van der Waals surface area contributed by atoms with E-state index in [1.165, 1.54) is 4.90 Å². The minimum Gasteiger partial charge on any atom is -0.309 e. The molecule has 0 bridgehead atoms. The molecule has 0 aromatic heterocycles. The largest absolute Gasteiger partial charge is 0.309 e. The molecule has 1 aliphatic rings. The molecule has 1 N–H and O–H groups in total. The molecule has 1 heterocycles. The van der Waals surface area contributed by atoms with Crippen LogP contribution in [0, 0.1) is 0 Å². The molecule has 1 aromatic carbocycles. The number of para-hydroxylation sites is 1. The van der Waals surface area contributed by atoms with Crippen molar-refractivity contribution in [2.75, 3.05) is 23.7 Å². The second-order valence-electron chi connectivity index (χ2n) is 4.93. The summed E-state index contributed by atoms with van der Waals surface area (Å²) in [5.41, 5.74) is 0.536. The lowest BCUT2D eigenvalue weighted by molar-refractivity contribution is -0.123. The Kier molecular flexibility index (Phi) is 3.97. The highest BCUT2D eigenvalue weighted by molar-refractivity contribution is 7.99. The standard InChI is InChI=1S/C14H20N2OS/c1-4-15-14(2,3)13(17)16-9-10-18-12-8-6-5-7-11(12)16/h5-8,15H,4,9-10H2,1-3H3. The van der Waals surface area contributed by atoms with Crippen molar-refractivity contribution in [3.05, 3.63) is 24.3 Å². The first-order valence-electron chi connectivity index (χ1n) is 6.35. The minimum absolute atomic E-state index is 0.150. The molecule has 0 fully saturated rings. The molecular weight excluding hydrogens is 244 g/mol. The third-order valence-electron chi connectivity index (χ3n) is 3.13. The Hall–Kier alpha value is -1.00. The van der Waals surface area contributed by atoms with E-state index < -0.39 is 5.54 Å².